The van der Waals surface area contributed by atoms with Gasteiger partial charge < -0.3 is 14.2 Å². The lowest BCUT2D eigenvalue weighted by Gasteiger charge is -2.34. The molecule has 0 N–H and O–H groups in total. The third-order valence-electron chi connectivity index (χ3n) is 3.34. The zero-order valence-corrected chi connectivity index (χ0v) is 12.5. The fraction of sp³-hybridized carbons (Fsp3) is 0.471. The van der Waals surface area contributed by atoms with Crippen molar-refractivity contribution in [1.82, 2.24) is 0 Å². The van der Waals surface area contributed by atoms with Crippen molar-refractivity contribution in [2.24, 2.45) is 0 Å². The summed E-state index contributed by atoms with van der Waals surface area (Å²) >= 11 is 0. The third kappa shape index (κ3) is 4.99. The molecule has 1 fully saturated rings. The maximum Gasteiger partial charge on any atom is 0.305 e. The molecule has 21 heavy (non-hydrogen) atoms. The molecule has 1 aromatic rings. The van der Waals surface area contributed by atoms with Crippen LogP contribution in [-0.2, 0) is 25.6 Å². The minimum Gasteiger partial charge on any atom is -0.433 e. The number of carbonyl (C=O) groups is 1. The quantitative estimate of drug-likeness (QED) is 0.617. The van der Waals surface area contributed by atoms with Gasteiger partial charge in [0.1, 0.15) is 6.10 Å². The second-order valence-corrected chi connectivity index (χ2v) is 5.09. The van der Waals surface area contributed by atoms with Crippen LogP contribution >= 0.6 is 0 Å². The molecular formula is C17H22O4. The standard InChI is InChI=1S/C17H22O4/c1-3-7-15-10-11-16(17(21-15)20-13(2)18)19-12-14-8-5-4-6-9-14/h3-9,15-17H,10-12H2,1-2H3/b7-3+/t15-,16-,17?/m0/s1. The van der Waals surface area contributed by atoms with Crippen LogP contribution in [0.3, 0.4) is 0 Å². The van der Waals surface area contributed by atoms with E-state index in [0.29, 0.717) is 6.61 Å². The Kier molecular flexibility index (Phi) is 5.96. The average Bonchev–Trinajstić information content (AvgIpc) is 2.47. The number of esters is 1. The highest BCUT2D eigenvalue weighted by Gasteiger charge is 2.33. The Labute approximate surface area is 125 Å². The molecule has 1 aromatic carbocycles. The Morgan fingerprint density at radius 2 is 2.10 bits per heavy atom. The van der Waals surface area contributed by atoms with Gasteiger partial charge in [-0.3, -0.25) is 4.79 Å². The van der Waals surface area contributed by atoms with E-state index in [9.17, 15) is 4.79 Å². The molecule has 0 bridgehead atoms. The summed E-state index contributed by atoms with van der Waals surface area (Å²) in [6.45, 7) is 3.82. The van der Waals surface area contributed by atoms with E-state index >= 15 is 0 Å². The topological polar surface area (TPSA) is 44.8 Å². The minimum absolute atomic E-state index is 0.0177. The molecule has 0 aromatic heterocycles. The first-order chi connectivity index (χ1) is 10.2. The Hall–Kier alpha value is -1.65. The summed E-state index contributed by atoms with van der Waals surface area (Å²) in [6.07, 6.45) is 4.71. The van der Waals surface area contributed by atoms with Crippen molar-refractivity contribution in [3.63, 3.8) is 0 Å². The molecule has 2 rings (SSSR count). The van der Waals surface area contributed by atoms with Crippen LogP contribution in [0.5, 0.6) is 0 Å². The molecule has 114 valence electrons. The van der Waals surface area contributed by atoms with Crippen molar-refractivity contribution in [3.05, 3.63) is 48.0 Å². The largest absolute Gasteiger partial charge is 0.433 e. The van der Waals surface area contributed by atoms with E-state index in [1.807, 2.05) is 49.4 Å². The summed E-state index contributed by atoms with van der Waals surface area (Å²) in [5.74, 6) is -0.352. The van der Waals surface area contributed by atoms with Gasteiger partial charge in [0.05, 0.1) is 12.7 Å². The summed E-state index contributed by atoms with van der Waals surface area (Å²) in [5.41, 5.74) is 1.09. The molecule has 0 saturated carbocycles. The fourth-order valence-electron chi connectivity index (χ4n) is 2.36. The van der Waals surface area contributed by atoms with Crippen molar-refractivity contribution >= 4 is 5.97 Å². The maximum atomic E-state index is 11.2. The Bertz CT molecular complexity index is 469. The highest BCUT2D eigenvalue weighted by molar-refractivity contribution is 5.66. The van der Waals surface area contributed by atoms with Gasteiger partial charge in [-0.15, -0.1) is 0 Å². The van der Waals surface area contributed by atoms with Crippen molar-refractivity contribution in [3.8, 4) is 0 Å². The Morgan fingerprint density at radius 1 is 1.33 bits per heavy atom. The highest BCUT2D eigenvalue weighted by atomic mass is 16.7. The number of allylic oxidation sites excluding steroid dienone is 1. The number of benzene rings is 1. The van der Waals surface area contributed by atoms with Crippen molar-refractivity contribution in [2.75, 3.05) is 0 Å². The summed E-state index contributed by atoms with van der Waals surface area (Å²) in [4.78, 5) is 11.2. The van der Waals surface area contributed by atoms with E-state index in [2.05, 4.69) is 0 Å². The van der Waals surface area contributed by atoms with Crippen molar-refractivity contribution < 1.29 is 19.0 Å². The number of hydrogen-bond donors (Lipinski definition) is 0. The van der Waals surface area contributed by atoms with Gasteiger partial charge >= 0.3 is 5.97 Å². The number of rotatable bonds is 5. The van der Waals surface area contributed by atoms with Crippen LogP contribution in [0.1, 0.15) is 32.3 Å². The molecule has 3 atom stereocenters. The van der Waals surface area contributed by atoms with Gasteiger partial charge in [-0.1, -0.05) is 42.5 Å². The lowest BCUT2D eigenvalue weighted by molar-refractivity contribution is -0.238. The zero-order valence-electron chi connectivity index (χ0n) is 12.5. The molecule has 0 spiro atoms. The first-order valence-corrected chi connectivity index (χ1v) is 7.30. The van der Waals surface area contributed by atoms with Crippen LogP contribution in [0.4, 0.5) is 0 Å². The lowest BCUT2D eigenvalue weighted by Crippen LogP contribution is -2.42. The molecule has 1 unspecified atom stereocenters. The van der Waals surface area contributed by atoms with E-state index in [1.54, 1.807) is 0 Å². The molecular weight excluding hydrogens is 268 g/mol. The molecule has 1 aliphatic rings. The molecule has 1 saturated heterocycles. The van der Waals surface area contributed by atoms with Crippen LogP contribution in [0, 0.1) is 0 Å². The molecule has 0 amide bonds. The van der Waals surface area contributed by atoms with Crippen LogP contribution < -0.4 is 0 Å². The van der Waals surface area contributed by atoms with Gasteiger partial charge in [0, 0.05) is 6.92 Å². The zero-order chi connectivity index (χ0) is 15.1. The van der Waals surface area contributed by atoms with E-state index < -0.39 is 6.29 Å². The molecule has 4 nitrogen and oxygen atoms in total. The summed E-state index contributed by atoms with van der Waals surface area (Å²) < 4.78 is 16.9. The van der Waals surface area contributed by atoms with E-state index in [0.717, 1.165) is 18.4 Å². The van der Waals surface area contributed by atoms with Crippen LogP contribution in [0.2, 0.25) is 0 Å². The van der Waals surface area contributed by atoms with E-state index in [1.165, 1.54) is 6.92 Å². The second kappa shape index (κ2) is 7.96. The normalized spacial score (nSPS) is 25.9. The predicted molar refractivity (Wildman–Crippen MR) is 79.5 cm³/mol. The van der Waals surface area contributed by atoms with Crippen LogP contribution in [-0.4, -0.2) is 24.5 Å². The number of hydrogen-bond acceptors (Lipinski definition) is 4. The van der Waals surface area contributed by atoms with Gasteiger partial charge in [0.15, 0.2) is 0 Å². The Morgan fingerprint density at radius 3 is 2.76 bits per heavy atom. The molecule has 1 heterocycles. The van der Waals surface area contributed by atoms with E-state index in [4.69, 9.17) is 14.2 Å². The first kappa shape index (κ1) is 15.7. The average molecular weight is 290 g/mol. The Balaban J connectivity index is 1.94. The molecule has 4 heteroatoms. The van der Waals surface area contributed by atoms with Gasteiger partial charge in [0.2, 0.25) is 6.29 Å². The smallest absolute Gasteiger partial charge is 0.305 e. The van der Waals surface area contributed by atoms with E-state index in [-0.39, 0.29) is 18.2 Å². The monoisotopic (exact) mass is 290 g/mol. The highest BCUT2D eigenvalue weighted by Crippen LogP contribution is 2.25. The van der Waals surface area contributed by atoms with Gasteiger partial charge in [-0.2, -0.15) is 0 Å². The van der Waals surface area contributed by atoms with Gasteiger partial charge in [0.25, 0.3) is 0 Å². The number of ether oxygens (including phenoxy) is 3. The van der Waals surface area contributed by atoms with Gasteiger partial charge in [-0.25, -0.2) is 0 Å². The van der Waals surface area contributed by atoms with Crippen LogP contribution in [0.15, 0.2) is 42.5 Å². The first-order valence-electron chi connectivity index (χ1n) is 7.30. The van der Waals surface area contributed by atoms with Gasteiger partial charge in [-0.05, 0) is 25.3 Å². The van der Waals surface area contributed by atoms with Crippen molar-refractivity contribution in [2.45, 2.75) is 51.8 Å². The SMILES string of the molecule is C/C=C/[C@H]1CC[C@H](OCc2ccccc2)C(OC(C)=O)O1. The predicted octanol–water partition coefficient (Wildman–Crippen LogP) is 3.22. The number of carbonyl (C=O) groups excluding carboxylic acids is 1. The summed E-state index contributed by atoms with van der Waals surface area (Å²) in [6, 6.07) is 9.93. The van der Waals surface area contributed by atoms with Crippen molar-refractivity contribution in [1.29, 1.82) is 0 Å². The lowest BCUT2D eigenvalue weighted by atomic mass is 10.1. The third-order valence-corrected chi connectivity index (χ3v) is 3.34. The minimum atomic E-state index is -0.638. The summed E-state index contributed by atoms with van der Waals surface area (Å²) in [5, 5.41) is 0. The molecule has 1 aliphatic heterocycles. The second-order valence-electron chi connectivity index (χ2n) is 5.09. The van der Waals surface area contributed by atoms with Crippen LogP contribution in [0.25, 0.3) is 0 Å². The molecule has 0 radical (unpaired) electrons. The maximum absolute atomic E-state index is 11.2. The summed E-state index contributed by atoms with van der Waals surface area (Å²) in [7, 11) is 0. The fourth-order valence-corrected chi connectivity index (χ4v) is 2.36. The molecule has 0 aliphatic carbocycles.